The van der Waals surface area contributed by atoms with E-state index in [-0.39, 0.29) is 0 Å². The fourth-order valence-corrected chi connectivity index (χ4v) is 1.88. The zero-order chi connectivity index (χ0) is 14.9. The summed E-state index contributed by atoms with van der Waals surface area (Å²) in [5, 5.41) is 0. The largest absolute Gasteiger partial charge is 0.356 e. The van der Waals surface area contributed by atoms with Crippen LogP contribution in [0.3, 0.4) is 0 Å². The van der Waals surface area contributed by atoms with Crippen molar-refractivity contribution in [2.24, 2.45) is 0 Å². The molecule has 0 bridgehead atoms. The average molecular weight is 274 g/mol. The third-order valence-electron chi connectivity index (χ3n) is 2.85. The van der Waals surface area contributed by atoms with Gasteiger partial charge in [-0.1, -0.05) is 47.9 Å². The van der Waals surface area contributed by atoms with Crippen LogP contribution in [0, 0.1) is 37.5 Å². The fourth-order valence-electron chi connectivity index (χ4n) is 1.88. The van der Waals surface area contributed by atoms with Gasteiger partial charge in [0.15, 0.2) is 0 Å². The number of hydrogen-bond acceptors (Lipinski definition) is 1. The second-order valence-corrected chi connectivity index (χ2v) is 4.84. The van der Waals surface area contributed by atoms with E-state index in [4.69, 9.17) is 4.74 Å². The van der Waals surface area contributed by atoms with Gasteiger partial charge in [-0.15, -0.1) is 0 Å². The Balaban J connectivity index is 1.76. The topological polar surface area (TPSA) is 9.23 Å². The molecule has 0 N–H and O–H groups in total. The maximum Gasteiger partial charge on any atom is 0.109 e. The molecule has 1 heteroatoms. The molecule has 0 aliphatic heterocycles. The first kappa shape index (κ1) is 14.9. The van der Waals surface area contributed by atoms with Crippen molar-refractivity contribution in [3.05, 3.63) is 70.8 Å². The second kappa shape index (κ2) is 7.95. The van der Waals surface area contributed by atoms with Gasteiger partial charge in [-0.2, -0.15) is 0 Å². The van der Waals surface area contributed by atoms with Gasteiger partial charge in [0.2, 0.25) is 0 Å². The van der Waals surface area contributed by atoms with E-state index in [1.165, 1.54) is 11.1 Å². The van der Waals surface area contributed by atoms with E-state index in [0.717, 1.165) is 11.1 Å². The van der Waals surface area contributed by atoms with Crippen LogP contribution >= 0.6 is 0 Å². The summed E-state index contributed by atoms with van der Waals surface area (Å²) in [4.78, 5) is 0. The highest BCUT2D eigenvalue weighted by atomic mass is 16.5. The van der Waals surface area contributed by atoms with Crippen LogP contribution in [0.2, 0.25) is 0 Å². The van der Waals surface area contributed by atoms with Crippen LogP contribution < -0.4 is 0 Å². The molecule has 0 amide bonds. The van der Waals surface area contributed by atoms with Gasteiger partial charge in [0.25, 0.3) is 0 Å². The van der Waals surface area contributed by atoms with E-state index in [1.807, 2.05) is 24.3 Å². The minimum atomic E-state index is 0.399. The lowest BCUT2D eigenvalue weighted by Gasteiger charge is -1.94. The molecule has 0 aliphatic rings. The van der Waals surface area contributed by atoms with Crippen LogP contribution in [-0.4, -0.2) is 13.2 Å². The SMILES string of the molecule is Cc1cccc(C#CCOCC#Cc2cccc(C)c2)c1. The molecule has 0 fully saturated rings. The van der Waals surface area contributed by atoms with Crippen LogP contribution in [-0.2, 0) is 4.74 Å². The number of hydrogen-bond donors (Lipinski definition) is 0. The quantitative estimate of drug-likeness (QED) is 0.599. The fraction of sp³-hybridized carbons (Fsp3) is 0.200. The van der Waals surface area contributed by atoms with Crippen LogP contribution in [0.25, 0.3) is 0 Å². The Morgan fingerprint density at radius 1 is 0.762 bits per heavy atom. The first-order chi connectivity index (χ1) is 10.2. The Morgan fingerprint density at radius 2 is 1.24 bits per heavy atom. The summed E-state index contributed by atoms with van der Waals surface area (Å²) in [5.41, 5.74) is 4.47. The minimum absolute atomic E-state index is 0.399. The van der Waals surface area contributed by atoms with Gasteiger partial charge in [-0.25, -0.2) is 0 Å². The Morgan fingerprint density at radius 3 is 1.67 bits per heavy atom. The molecular formula is C20H18O. The molecule has 2 aromatic rings. The van der Waals surface area contributed by atoms with Crippen molar-refractivity contribution in [3.8, 4) is 23.7 Å². The third-order valence-corrected chi connectivity index (χ3v) is 2.85. The van der Waals surface area contributed by atoms with Gasteiger partial charge < -0.3 is 4.74 Å². The smallest absolute Gasteiger partial charge is 0.109 e. The summed E-state index contributed by atoms with van der Waals surface area (Å²) in [6.45, 7) is 4.91. The zero-order valence-electron chi connectivity index (χ0n) is 12.4. The highest BCUT2D eigenvalue weighted by molar-refractivity contribution is 5.37. The van der Waals surface area contributed by atoms with Gasteiger partial charge in [0.1, 0.15) is 13.2 Å². The normalized spacial score (nSPS) is 9.24. The molecule has 0 saturated heterocycles. The number of aryl methyl sites for hydroxylation is 2. The predicted octanol–water partition coefficient (Wildman–Crippen LogP) is 3.72. The summed E-state index contributed by atoms with van der Waals surface area (Å²) in [7, 11) is 0. The Bertz CT molecular complexity index is 657. The number of ether oxygens (including phenoxy) is 1. The van der Waals surface area contributed by atoms with E-state index >= 15 is 0 Å². The van der Waals surface area contributed by atoms with Crippen molar-refractivity contribution in [3.63, 3.8) is 0 Å². The van der Waals surface area contributed by atoms with E-state index in [0.29, 0.717) is 13.2 Å². The van der Waals surface area contributed by atoms with Crippen molar-refractivity contribution in [2.75, 3.05) is 13.2 Å². The summed E-state index contributed by atoms with van der Waals surface area (Å²) in [6, 6.07) is 16.2. The van der Waals surface area contributed by atoms with Gasteiger partial charge in [0.05, 0.1) is 0 Å². The van der Waals surface area contributed by atoms with Gasteiger partial charge >= 0.3 is 0 Å². The van der Waals surface area contributed by atoms with Crippen molar-refractivity contribution in [1.29, 1.82) is 0 Å². The highest BCUT2D eigenvalue weighted by Gasteiger charge is 1.87. The van der Waals surface area contributed by atoms with Gasteiger partial charge in [-0.05, 0) is 49.2 Å². The second-order valence-electron chi connectivity index (χ2n) is 4.84. The molecular weight excluding hydrogens is 256 g/mol. The molecule has 0 spiro atoms. The molecule has 1 nitrogen and oxygen atoms in total. The van der Waals surface area contributed by atoms with Crippen molar-refractivity contribution in [1.82, 2.24) is 0 Å². The van der Waals surface area contributed by atoms with Gasteiger partial charge in [0, 0.05) is 11.1 Å². The lowest BCUT2D eigenvalue weighted by Crippen LogP contribution is -1.91. The predicted molar refractivity (Wildman–Crippen MR) is 86.9 cm³/mol. The molecule has 21 heavy (non-hydrogen) atoms. The molecule has 104 valence electrons. The summed E-state index contributed by atoms with van der Waals surface area (Å²) in [5.74, 6) is 12.2. The lowest BCUT2D eigenvalue weighted by molar-refractivity contribution is 0.204. The molecule has 2 rings (SSSR count). The first-order valence-corrected chi connectivity index (χ1v) is 6.93. The summed E-state index contributed by atoms with van der Waals surface area (Å²) < 4.78 is 5.39. The van der Waals surface area contributed by atoms with Crippen LogP contribution in [0.1, 0.15) is 22.3 Å². The van der Waals surface area contributed by atoms with Gasteiger partial charge in [-0.3, -0.25) is 0 Å². The molecule has 0 atom stereocenters. The standard InChI is InChI=1S/C20H18O/c1-17-7-3-9-19(15-17)11-5-13-21-14-6-12-20-10-4-8-18(2)16-20/h3-4,7-10,15-16H,13-14H2,1-2H3. The van der Waals surface area contributed by atoms with Crippen LogP contribution in [0.15, 0.2) is 48.5 Å². The lowest BCUT2D eigenvalue weighted by atomic mass is 10.1. The number of rotatable bonds is 2. The van der Waals surface area contributed by atoms with E-state index in [2.05, 4.69) is 61.8 Å². The van der Waals surface area contributed by atoms with E-state index < -0.39 is 0 Å². The Kier molecular flexibility index (Phi) is 5.65. The Hall–Kier alpha value is -2.48. The van der Waals surface area contributed by atoms with Crippen molar-refractivity contribution < 1.29 is 4.74 Å². The molecule has 0 aromatic heterocycles. The van der Waals surface area contributed by atoms with Crippen molar-refractivity contribution >= 4 is 0 Å². The molecule has 2 aromatic carbocycles. The third kappa shape index (κ3) is 5.57. The molecule has 0 heterocycles. The number of benzene rings is 2. The highest BCUT2D eigenvalue weighted by Crippen LogP contribution is 2.02. The van der Waals surface area contributed by atoms with E-state index in [9.17, 15) is 0 Å². The van der Waals surface area contributed by atoms with E-state index in [1.54, 1.807) is 0 Å². The zero-order valence-corrected chi connectivity index (χ0v) is 12.4. The average Bonchev–Trinajstić information content (AvgIpc) is 2.46. The molecule has 0 saturated carbocycles. The van der Waals surface area contributed by atoms with Crippen molar-refractivity contribution in [2.45, 2.75) is 13.8 Å². The first-order valence-electron chi connectivity index (χ1n) is 6.93. The summed E-state index contributed by atoms with van der Waals surface area (Å²) >= 11 is 0. The monoisotopic (exact) mass is 274 g/mol. The maximum atomic E-state index is 5.39. The van der Waals surface area contributed by atoms with Crippen LogP contribution in [0.4, 0.5) is 0 Å². The van der Waals surface area contributed by atoms with Crippen LogP contribution in [0.5, 0.6) is 0 Å². The summed E-state index contributed by atoms with van der Waals surface area (Å²) in [6.07, 6.45) is 0. The molecule has 0 radical (unpaired) electrons. The molecule has 0 unspecified atom stereocenters. The Labute approximate surface area is 127 Å². The minimum Gasteiger partial charge on any atom is -0.356 e. The maximum absolute atomic E-state index is 5.39. The molecule has 0 aliphatic carbocycles.